The molecular formula is C10H14N2OS. The van der Waals surface area contributed by atoms with E-state index in [0.29, 0.717) is 6.10 Å². The Morgan fingerprint density at radius 3 is 3.29 bits per heavy atom. The summed E-state index contributed by atoms with van der Waals surface area (Å²) in [5.41, 5.74) is 6.54. The summed E-state index contributed by atoms with van der Waals surface area (Å²) < 4.78 is 5.54. The monoisotopic (exact) mass is 210 g/mol. The highest BCUT2D eigenvalue weighted by Crippen LogP contribution is 2.27. The molecule has 0 spiro atoms. The van der Waals surface area contributed by atoms with E-state index in [9.17, 15) is 0 Å². The van der Waals surface area contributed by atoms with Crippen molar-refractivity contribution in [3.63, 3.8) is 0 Å². The van der Waals surface area contributed by atoms with Gasteiger partial charge < -0.3 is 10.5 Å². The van der Waals surface area contributed by atoms with Gasteiger partial charge in [0.15, 0.2) is 0 Å². The molecule has 0 bridgehead atoms. The predicted molar refractivity (Wildman–Crippen MR) is 58.3 cm³/mol. The largest absolute Gasteiger partial charge is 0.397 e. The normalized spacial score (nSPS) is 21.3. The minimum absolute atomic E-state index is 0.410. The Hall–Kier alpha value is -0.740. The molecule has 0 aromatic carbocycles. The quantitative estimate of drug-likeness (QED) is 0.774. The number of hydrogen-bond acceptors (Lipinski definition) is 4. The Kier molecular flexibility index (Phi) is 3.26. The Morgan fingerprint density at radius 2 is 2.57 bits per heavy atom. The first kappa shape index (κ1) is 9.80. The number of nitrogens with zero attached hydrogens (tertiary/aromatic N) is 1. The summed E-state index contributed by atoms with van der Waals surface area (Å²) in [4.78, 5) is 5.06. The zero-order chi connectivity index (χ0) is 9.80. The lowest BCUT2D eigenvalue weighted by Gasteiger charge is -2.09. The summed E-state index contributed by atoms with van der Waals surface area (Å²) in [5.74, 6) is 0.994. The Morgan fingerprint density at radius 1 is 1.64 bits per heavy atom. The Balaban J connectivity index is 1.88. The van der Waals surface area contributed by atoms with Crippen LogP contribution in [0.2, 0.25) is 0 Å². The van der Waals surface area contributed by atoms with Gasteiger partial charge in [0.05, 0.1) is 18.0 Å². The van der Waals surface area contributed by atoms with Gasteiger partial charge in [0.1, 0.15) is 0 Å². The fraction of sp³-hybridized carbons (Fsp3) is 0.500. The topological polar surface area (TPSA) is 48.1 Å². The molecule has 1 atom stereocenters. The number of nitrogen functional groups attached to an aromatic ring is 1. The second kappa shape index (κ2) is 4.66. The third kappa shape index (κ3) is 2.39. The van der Waals surface area contributed by atoms with Crippen molar-refractivity contribution >= 4 is 17.4 Å². The molecule has 4 heteroatoms. The van der Waals surface area contributed by atoms with Crippen molar-refractivity contribution < 1.29 is 4.74 Å². The molecule has 2 heterocycles. The maximum Gasteiger partial charge on any atom is 0.0669 e. The Labute approximate surface area is 88.0 Å². The van der Waals surface area contributed by atoms with E-state index in [4.69, 9.17) is 10.5 Å². The number of pyridine rings is 1. The molecule has 14 heavy (non-hydrogen) atoms. The number of hydrogen-bond donors (Lipinski definition) is 1. The van der Waals surface area contributed by atoms with Crippen LogP contribution in [0.15, 0.2) is 23.4 Å². The third-order valence-electron chi connectivity index (χ3n) is 2.26. The van der Waals surface area contributed by atoms with Gasteiger partial charge in [-0.2, -0.15) is 0 Å². The van der Waals surface area contributed by atoms with E-state index in [1.807, 2.05) is 6.07 Å². The molecule has 1 aliphatic heterocycles. The first-order chi connectivity index (χ1) is 6.86. The molecule has 1 saturated heterocycles. The van der Waals surface area contributed by atoms with Crippen molar-refractivity contribution in [2.45, 2.75) is 23.8 Å². The summed E-state index contributed by atoms with van der Waals surface area (Å²) in [6, 6.07) is 1.95. The Bertz CT molecular complexity index is 300. The average molecular weight is 210 g/mol. The standard InChI is InChI=1S/C10H14N2OS/c11-9-6-12-4-3-10(9)14-7-8-2-1-5-13-8/h3-4,6,8H,1-2,5,7,11H2. The van der Waals surface area contributed by atoms with Crippen LogP contribution in [0, 0.1) is 0 Å². The van der Waals surface area contributed by atoms with E-state index in [2.05, 4.69) is 4.98 Å². The molecule has 1 aromatic rings. The van der Waals surface area contributed by atoms with Crippen LogP contribution in [-0.2, 0) is 4.74 Å². The van der Waals surface area contributed by atoms with Crippen molar-refractivity contribution in [2.24, 2.45) is 0 Å². The molecule has 76 valence electrons. The predicted octanol–water partition coefficient (Wildman–Crippen LogP) is 1.93. The van der Waals surface area contributed by atoms with Gasteiger partial charge in [-0.25, -0.2) is 0 Å². The summed E-state index contributed by atoms with van der Waals surface area (Å²) in [6.07, 6.45) is 6.24. The van der Waals surface area contributed by atoms with E-state index in [-0.39, 0.29) is 0 Å². The van der Waals surface area contributed by atoms with E-state index in [0.717, 1.165) is 22.9 Å². The highest BCUT2D eigenvalue weighted by Gasteiger charge is 2.15. The van der Waals surface area contributed by atoms with Gasteiger partial charge in [-0.1, -0.05) is 0 Å². The van der Waals surface area contributed by atoms with Gasteiger partial charge in [0.25, 0.3) is 0 Å². The highest BCUT2D eigenvalue weighted by atomic mass is 32.2. The van der Waals surface area contributed by atoms with Crippen molar-refractivity contribution in [2.75, 3.05) is 18.1 Å². The van der Waals surface area contributed by atoms with Crippen LogP contribution in [0.5, 0.6) is 0 Å². The number of anilines is 1. The molecule has 2 rings (SSSR count). The van der Waals surface area contributed by atoms with Crippen LogP contribution in [0.1, 0.15) is 12.8 Å². The zero-order valence-electron chi connectivity index (χ0n) is 7.98. The van der Waals surface area contributed by atoms with Gasteiger partial charge in [-0.15, -0.1) is 11.8 Å². The smallest absolute Gasteiger partial charge is 0.0669 e. The maximum atomic E-state index is 5.78. The number of thioether (sulfide) groups is 1. The molecule has 0 radical (unpaired) electrons. The molecule has 2 N–H and O–H groups in total. The molecular weight excluding hydrogens is 196 g/mol. The fourth-order valence-corrected chi connectivity index (χ4v) is 2.49. The zero-order valence-corrected chi connectivity index (χ0v) is 8.80. The minimum atomic E-state index is 0.410. The third-order valence-corrected chi connectivity index (χ3v) is 3.48. The lowest BCUT2D eigenvalue weighted by molar-refractivity contribution is 0.129. The van der Waals surface area contributed by atoms with Crippen LogP contribution in [0.4, 0.5) is 5.69 Å². The molecule has 1 aromatic heterocycles. The fourth-order valence-electron chi connectivity index (χ4n) is 1.48. The molecule has 0 aliphatic carbocycles. The number of aromatic nitrogens is 1. The summed E-state index contributed by atoms with van der Waals surface area (Å²) in [7, 11) is 0. The minimum Gasteiger partial charge on any atom is -0.397 e. The van der Waals surface area contributed by atoms with E-state index in [1.54, 1.807) is 24.2 Å². The number of ether oxygens (including phenoxy) is 1. The van der Waals surface area contributed by atoms with Crippen LogP contribution >= 0.6 is 11.8 Å². The highest BCUT2D eigenvalue weighted by molar-refractivity contribution is 7.99. The second-order valence-electron chi connectivity index (χ2n) is 3.36. The van der Waals surface area contributed by atoms with Crippen molar-refractivity contribution in [3.8, 4) is 0 Å². The first-order valence-electron chi connectivity index (χ1n) is 4.80. The average Bonchev–Trinajstić information content (AvgIpc) is 2.69. The number of nitrogens with two attached hydrogens (primary N) is 1. The van der Waals surface area contributed by atoms with Gasteiger partial charge in [-0.05, 0) is 18.9 Å². The lowest BCUT2D eigenvalue weighted by Crippen LogP contribution is -2.07. The summed E-state index contributed by atoms with van der Waals surface area (Å²) in [5, 5.41) is 0. The molecule has 0 amide bonds. The van der Waals surface area contributed by atoms with Crippen molar-refractivity contribution in [3.05, 3.63) is 18.5 Å². The van der Waals surface area contributed by atoms with Crippen molar-refractivity contribution in [1.82, 2.24) is 4.98 Å². The van der Waals surface area contributed by atoms with Gasteiger partial charge >= 0.3 is 0 Å². The molecule has 3 nitrogen and oxygen atoms in total. The van der Waals surface area contributed by atoms with E-state index >= 15 is 0 Å². The van der Waals surface area contributed by atoms with Gasteiger partial charge in [-0.3, -0.25) is 4.98 Å². The maximum absolute atomic E-state index is 5.78. The number of rotatable bonds is 3. The van der Waals surface area contributed by atoms with Crippen LogP contribution in [-0.4, -0.2) is 23.4 Å². The first-order valence-corrected chi connectivity index (χ1v) is 5.79. The van der Waals surface area contributed by atoms with Crippen LogP contribution in [0.3, 0.4) is 0 Å². The molecule has 1 unspecified atom stereocenters. The van der Waals surface area contributed by atoms with Crippen LogP contribution < -0.4 is 5.73 Å². The molecule has 1 aliphatic rings. The van der Waals surface area contributed by atoms with Crippen molar-refractivity contribution in [1.29, 1.82) is 0 Å². The molecule has 0 saturated carbocycles. The van der Waals surface area contributed by atoms with E-state index in [1.165, 1.54) is 12.8 Å². The summed E-state index contributed by atoms with van der Waals surface area (Å²) >= 11 is 1.75. The van der Waals surface area contributed by atoms with Gasteiger partial charge in [0, 0.05) is 23.5 Å². The molecule has 1 fully saturated rings. The van der Waals surface area contributed by atoms with Gasteiger partial charge in [0.2, 0.25) is 0 Å². The van der Waals surface area contributed by atoms with Crippen LogP contribution in [0.25, 0.3) is 0 Å². The second-order valence-corrected chi connectivity index (χ2v) is 4.42. The van der Waals surface area contributed by atoms with E-state index < -0.39 is 0 Å². The SMILES string of the molecule is Nc1cnccc1SCC1CCCO1. The summed E-state index contributed by atoms with van der Waals surface area (Å²) in [6.45, 7) is 0.914. The lowest BCUT2D eigenvalue weighted by atomic mass is 10.3.